The Hall–Kier alpha value is -1.38. The van der Waals surface area contributed by atoms with Crippen LogP contribution in [0.2, 0.25) is 0 Å². The molecule has 2 aromatic rings. The summed E-state index contributed by atoms with van der Waals surface area (Å²) in [6, 6.07) is 5.72. The first-order valence-electron chi connectivity index (χ1n) is 6.28. The number of amides is 1. The molecule has 0 aliphatic rings. The molecule has 1 aromatic carbocycles. The van der Waals surface area contributed by atoms with Crippen LogP contribution >= 0.6 is 27.7 Å². The monoisotopic (exact) mass is 369 g/mol. The molecule has 8 heteroatoms. The molecule has 0 saturated carbocycles. The minimum absolute atomic E-state index is 0.0808. The van der Waals surface area contributed by atoms with Crippen molar-refractivity contribution in [3.05, 3.63) is 34.1 Å². The van der Waals surface area contributed by atoms with Crippen molar-refractivity contribution in [1.82, 2.24) is 14.8 Å². The van der Waals surface area contributed by atoms with Gasteiger partial charge in [0.25, 0.3) is 0 Å². The number of aryl methyl sites for hydroxylation is 1. The number of hydrogen-bond donors (Lipinski definition) is 2. The fraction of sp³-hybridized carbons (Fsp3) is 0.308. The van der Waals surface area contributed by atoms with Crippen LogP contribution in [-0.2, 0) is 18.4 Å². The highest BCUT2D eigenvalue weighted by molar-refractivity contribution is 9.10. The van der Waals surface area contributed by atoms with Crippen molar-refractivity contribution in [3.63, 3.8) is 0 Å². The molecule has 0 saturated heterocycles. The molecule has 0 aliphatic carbocycles. The zero-order valence-corrected chi connectivity index (χ0v) is 14.2. The molecular weight excluding hydrogens is 354 g/mol. The van der Waals surface area contributed by atoms with E-state index in [-0.39, 0.29) is 11.7 Å². The maximum atomic E-state index is 12.0. The van der Waals surface area contributed by atoms with Crippen molar-refractivity contribution in [2.24, 2.45) is 12.8 Å². The summed E-state index contributed by atoms with van der Waals surface area (Å²) in [5.74, 6) is 0.885. The molecule has 0 spiro atoms. The van der Waals surface area contributed by atoms with Gasteiger partial charge in [-0.3, -0.25) is 4.79 Å². The first kappa shape index (κ1) is 16.0. The predicted octanol–water partition coefficient (Wildman–Crippen LogP) is 2.08. The van der Waals surface area contributed by atoms with Crippen molar-refractivity contribution < 1.29 is 4.79 Å². The molecule has 1 amide bonds. The molecule has 0 aliphatic heterocycles. The number of hydrogen-bond acceptors (Lipinski definition) is 5. The topological polar surface area (TPSA) is 85.8 Å². The van der Waals surface area contributed by atoms with Gasteiger partial charge in [0.2, 0.25) is 5.91 Å². The Morgan fingerprint density at radius 3 is 2.86 bits per heavy atom. The summed E-state index contributed by atoms with van der Waals surface area (Å²) in [5.41, 5.74) is 7.35. The minimum Gasteiger partial charge on any atom is -0.325 e. The quantitative estimate of drug-likeness (QED) is 0.787. The predicted molar refractivity (Wildman–Crippen MR) is 87.1 cm³/mol. The molecular formula is C13H16BrN5OS. The smallest absolute Gasteiger partial charge is 0.234 e. The highest BCUT2D eigenvalue weighted by Crippen LogP contribution is 2.21. The van der Waals surface area contributed by atoms with E-state index in [1.54, 1.807) is 4.57 Å². The van der Waals surface area contributed by atoms with Crippen LogP contribution in [0.1, 0.15) is 11.4 Å². The van der Waals surface area contributed by atoms with E-state index in [1.807, 2.05) is 32.2 Å². The first-order chi connectivity index (χ1) is 10.0. The Labute approximate surface area is 135 Å². The summed E-state index contributed by atoms with van der Waals surface area (Å²) in [5, 5.41) is 11.5. The number of rotatable bonds is 5. The second kappa shape index (κ2) is 7.06. The molecule has 6 nitrogen and oxygen atoms in total. The zero-order chi connectivity index (χ0) is 15.4. The third kappa shape index (κ3) is 4.05. The number of aromatic nitrogens is 3. The average Bonchev–Trinajstić information content (AvgIpc) is 2.80. The molecule has 0 unspecified atom stereocenters. The Balaban J connectivity index is 1.94. The second-order valence-corrected chi connectivity index (χ2v) is 6.32. The molecule has 2 rings (SSSR count). The summed E-state index contributed by atoms with van der Waals surface area (Å²) in [6.45, 7) is 2.28. The van der Waals surface area contributed by atoms with Crippen molar-refractivity contribution >= 4 is 39.3 Å². The Morgan fingerprint density at radius 2 is 2.24 bits per heavy atom. The Bertz CT molecular complexity index is 658. The maximum absolute atomic E-state index is 12.0. The number of nitrogens with one attached hydrogen (secondary N) is 1. The molecule has 0 radical (unpaired) electrons. The molecule has 3 N–H and O–H groups in total. The standard InChI is InChI=1S/C13H16BrN5OS/c1-8-5-9(14)3-4-10(8)16-12(20)7-21-13-18-17-11(6-15)19(13)2/h3-5H,6-7,15H2,1-2H3,(H,16,20). The van der Waals surface area contributed by atoms with Gasteiger partial charge in [-0.15, -0.1) is 10.2 Å². The lowest BCUT2D eigenvalue weighted by atomic mass is 10.2. The van der Waals surface area contributed by atoms with Crippen molar-refractivity contribution in [3.8, 4) is 0 Å². The van der Waals surface area contributed by atoms with Gasteiger partial charge in [0, 0.05) is 17.2 Å². The highest BCUT2D eigenvalue weighted by atomic mass is 79.9. The van der Waals surface area contributed by atoms with E-state index in [9.17, 15) is 4.79 Å². The van der Waals surface area contributed by atoms with Gasteiger partial charge < -0.3 is 15.6 Å². The van der Waals surface area contributed by atoms with Crippen molar-refractivity contribution in [1.29, 1.82) is 0 Å². The van der Waals surface area contributed by atoms with Crippen LogP contribution in [0.3, 0.4) is 0 Å². The third-order valence-electron chi connectivity index (χ3n) is 2.90. The van der Waals surface area contributed by atoms with Gasteiger partial charge in [-0.05, 0) is 30.7 Å². The van der Waals surface area contributed by atoms with Gasteiger partial charge in [0.15, 0.2) is 5.16 Å². The second-order valence-electron chi connectivity index (χ2n) is 4.46. The normalized spacial score (nSPS) is 10.7. The van der Waals surface area contributed by atoms with Crippen LogP contribution in [0.15, 0.2) is 27.8 Å². The lowest BCUT2D eigenvalue weighted by molar-refractivity contribution is -0.113. The van der Waals surface area contributed by atoms with E-state index >= 15 is 0 Å². The molecule has 112 valence electrons. The van der Waals surface area contributed by atoms with E-state index in [1.165, 1.54) is 11.8 Å². The van der Waals surface area contributed by atoms with E-state index in [0.717, 1.165) is 15.7 Å². The molecule has 21 heavy (non-hydrogen) atoms. The maximum Gasteiger partial charge on any atom is 0.234 e. The Morgan fingerprint density at radius 1 is 1.48 bits per heavy atom. The van der Waals surface area contributed by atoms with Crippen LogP contribution in [-0.4, -0.2) is 26.4 Å². The van der Waals surface area contributed by atoms with E-state index in [0.29, 0.717) is 17.5 Å². The number of benzene rings is 1. The minimum atomic E-state index is -0.0808. The summed E-state index contributed by atoms with van der Waals surface area (Å²) in [6.07, 6.45) is 0. The Kier molecular flexibility index (Phi) is 5.38. The van der Waals surface area contributed by atoms with Gasteiger partial charge >= 0.3 is 0 Å². The van der Waals surface area contributed by atoms with Gasteiger partial charge in [0.05, 0.1) is 12.3 Å². The van der Waals surface area contributed by atoms with Gasteiger partial charge in [0.1, 0.15) is 5.82 Å². The number of nitrogens with two attached hydrogens (primary N) is 1. The van der Waals surface area contributed by atoms with Gasteiger partial charge in [-0.25, -0.2) is 0 Å². The van der Waals surface area contributed by atoms with Crippen molar-refractivity contribution in [2.45, 2.75) is 18.6 Å². The van der Waals surface area contributed by atoms with E-state index in [2.05, 4.69) is 31.4 Å². The van der Waals surface area contributed by atoms with Crippen LogP contribution in [0.4, 0.5) is 5.69 Å². The molecule has 0 bridgehead atoms. The number of thioether (sulfide) groups is 1. The summed E-state index contributed by atoms with van der Waals surface area (Å²) < 4.78 is 2.78. The number of carbonyl (C=O) groups excluding carboxylic acids is 1. The van der Waals surface area contributed by atoms with Gasteiger partial charge in [-0.2, -0.15) is 0 Å². The summed E-state index contributed by atoms with van der Waals surface area (Å²) in [7, 11) is 1.83. The van der Waals surface area contributed by atoms with Crippen LogP contribution in [0.25, 0.3) is 0 Å². The lowest BCUT2D eigenvalue weighted by Gasteiger charge is -2.08. The van der Waals surface area contributed by atoms with Gasteiger partial charge in [-0.1, -0.05) is 27.7 Å². The molecule has 0 atom stereocenters. The van der Waals surface area contributed by atoms with Crippen molar-refractivity contribution in [2.75, 3.05) is 11.1 Å². The third-order valence-corrected chi connectivity index (χ3v) is 4.42. The zero-order valence-electron chi connectivity index (χ0n) is 11.8. The number of halogens is 1. The summed E-state index contributed by atoms with van der Waals surface area (Å²) in [4.78, 5) is 12.0. The molecule has 0 fully saturated rings. The van der Waals surface area contributed by atoms with Crippen LogP contribution in [0, 0.1) is 6.92 Å². The first-order valence-corrected chi connectivity index (χ1v) is 8.06. The number of nitrogens with zero attached hydrogens (tertiary/aromatic N) is 3. The van der Waals surface area contributed by atoms with E-state index < -0.39 is 0 Å². The fourth-order valence-corrected chi connectivity index (χ4v) is 2.94. The largest absolute Gasteiger partial charge is 0.325 e. The number of carbonyl (C=O) groups is 1. The van der Waals surface area contributed by atoms with E-state index in [4.69, 9.17) is 5.73 Å². The fourth-order valence-electron chi connectivity index (χ4n) is 1.73. The average molecular weight is 370 g/mol. The highest BCUT2D eigenvalue weighted by Gasteiger charge is 2.11. The van der Waals surface area contributed by atoms with Crippen LogP contribution in [0.5, 0.6) is 0 Å². The number of anilines is 1. The molecule has 1 aromatic heterocycles. The summed E-state index contributed by atoms with van der Waals surface area (Å²) >= 11 is 4.73. The SMILES string of the molecule is Cc1cc(Br)ccc1NC(=O)CSc1nnc(CN)n1C. The van der Waals surface area contributed by atoms with Crippen LogP contribution < -0.4 is 11.1 Å². The lowest BCUT2D eigenvalue weighted by Crippen LogP contribution is -2.15. The molecule has 1 heterocycles.